The van der Waals surface area contributed by atoms with Crippen molar-refractivity contribution in [2.45, 2.75) is 38.8 Å². The van der Waals surface area contributed by atoms with E-state index in [0.717, 1.165) is 29.1 Å². The Bertz CT molecular complexity index is 1450. The molecule has 0 saturated heterocycles. The molecule has 35 heavy (non-hydrogen) atoms. The molecule has 2 aromatic heterocycles. The third-order valence-corrected chi connectivity index (χ3v) is 6.13. The van der Waals surface area contributed by atoms with E-state index in [9.17, 15) is 18.3 Å². The maximum absolute atomic E-state index is 15.2. The van der Waals surface area contributed by atoms with E-state index in [-0.39, 0.29) is 23.6 Å². The van der Waals surface area contributed by atoms with Gasteiger partial charge in [-0.25, -0.2) is 32.2 Å². The van der Waals surface area contributed by atoms with Crippen molar-refractivity contribution in [1.82, 2.24) is 24.3 Å². The van der Waals surface area contributed by atoms with Crippen LogP contribution < -0.4 is 0 Å². The minimum absolute atomic E-state index is 0.0604. The standard InChI is InChI=1S/C25H21F4N5O/c1-14-8-16(4-5-21(14)33-12-15(2)30-13-33)9-20(28)23-31-24-25(35,6-3-7-34(24)32-23)17-10-18(26)22(29)19(27)11-17/h4-5,8-13,35H,3,6-7H2,1-2H3/b20-9-/t25-/m0/s1. The highest BCUT2D eigenvalue weighted by molar-refractivity contribution is 5.74. The molecule has 3 heterocycles. The summed E-state index contributed by atoms with van der Waals surface area (Å²) in [5.41, 5.74) is 1.10. The number of aryl methyl sites for hydroxylation is 3. The molecule has 2 aromatic carbocycles. The number of halogens is 4. The van der Waals surface area contributed by atoms with Gasteiger partial charge in [-0.15, -0.1) is 5.10 Å². The summed E-state index contributed by atoms with van der Waals surface area (Å²) in [5, 5.41) is 15.4. The van der Waals surface area contributed by atoms with Crippen molar-refractivity contribution in [1.29, 1.82) is 0 Å². The third kappa shape index (κ3) is 4.03. The SMILES string of the molecule is Cc1cn(-c2ccc(/C=C(\F)c3nc4n(n3)CCC[C@]4(O)c3cc(F)c(F)c(F)c3)cc2C)cn1. The van der Waals surface area contributed by atoms with Gasteiger partial charge in [0.05, 0.1) is 12.0 Å². The summed E-state index contributed by atoms with van der Waals surface area (Å²) in [6.45, 7) is 4.12. The largest absolute Gasteiger partial charge is 0.377 e. The Kier molecular flexibility index (Phi) is 5.55. The lowest BCUT2D eigenvalue weighted by Crippen LogP contribution is -2.36. The summed E-state index contributed by atoms with van der Waals surface area (Å²) >= 11 is 0. The molecule has 0 fully saturated rings. The van der Waals surface area contributed by atoms with Crippen molar-refractivity contribution >= 4 is 11.9 Å². The first-order valence-corrected chi connectivity index (χ1v) is 11.0. The first-order valence-electron chi connectivity index (χ1n) is 11.0. The number of imidazole rings is 1. The Balaban J connectivity index is 1.49. The quantitative estimate of drug-likeness (QED) is 0.328. The summed E-state index contributed by atoms with van der Waals surface area (Å²) in [5.74, 6) is -5.56. The van der Waals surface area contributed by atoms with Crippen molar-refractivity contribution in [3.63, 3.8) is 0 Å². The molecule has 0 unspecified atom stereocenters. The summed E-state index contributed by atoms with van der Waals surface area (Å²) in [6, 6.07) is 6.84. The molecule has 10 heteroatoms. The first-order chi connectivity index (χ1) is 16.7. The van der Waals surface area contributed by atoms with Crippen molar-refractivity contribution < 1.29 is 22.7 Å². The van der Waals surface area contributed by atoms with Crippen LogP contribution in [0.3, 0.4) is 0 Å². The molecule has 1 aliphatic heterocycles. The number of hydrogen-bond acceptors (Lipinski definition) is 4. The summed E-state index contributed by atoms with van der Waals surface area (Å²) in [7, 11) is 0. The van der Waals surface area contributed by atoms with Crippen LogP contribution in [0.15, 0.2) is 42.9 Å². The number of rotatable bonds is 4. The maximum atomic E-state index is 15.2. The predicted octanol–water partition coefficient (Wildman–Crippen LogP) is 5.00. The molecule has 0 radical (unpaired) electrons. The van der Waals surface area contributed by atoms with Crippen molar-refractivity contribution in [3.05, 3.63) is 94.3 Å². The topological polar surface area (TPSA) is 68.8 Å². The number of nitrogens with zero attached hydrogens (tertiary/aromatic N) is 5. The van der Waals surface area contributed by atoms with Crippen LogP contribution in [-0.4, -0.2) is 29.4 Å². The van der Waals surface area contributed by atoms with Crippen molar-refractivity contribution in [2.24, 2.45) is 0 Å². The molecule has 5 rings (SSSR count). The van der Waals surface area contributed by atoms with Gasteiger partial charge in [-0.3, -0.25) is 0 Å². The van der Waals surface area contributed by atoms with E-state index in [1.54, 1.807) is 18.5 Å². The lowest BCUT2D eigenvalue weighted by Gasteiger charge is -2.31. The Morgan fingerprint density at radius 1 is 1.11 bits per heavy atom. The first kappa shape index (κ1) is 23.0. The fourth-order valence-electron chi connectivity index (χ4n) is 4.39. The Labute approximate surface area is 198 Å². The van der Waals surface area contributed by atoms with E-state index in [4.69, 9.17) is 0 Å². The molecule has 0 amide bonds. The zero-order valence-electron chi connectivity index (χ0n) is 18.9. The van der Waals surface area contributed by atoms with Gasteiger partial charge in [0.25, 0.3) is 0 Å². The minimum Gasteiger partial charge on any atom is -0.377 e. The molecule has 0 bridgehead atoms. The van der Waals surface area contributed by atoms with Crippen LogP contribution in [0, 0.1) is 31.3 Å². The number of fused-ring (bicyclic) bond motifs is 1. The smallest absolute Gasteiger partial charge is 0.210 e. The molecule has 0 spiro atoms. The van der Waals surface area contributed by atoms with Gasteiger partial charge in [0, 0.05) is 18.4 Å². The number of benzene rings is 2. The molecule has 6 nitrogen and oxygen atoms in total. The lowest BCUT2D eigenvalue weighted by atomic mass is 9.86. The van der Waals surface area contributed by atoms with E-state index in [0.29, 0.717) is 18.5 Å². The van der Waals surface area contributed by atoms with Crippen molar-refractivity contribution in [3.8, 4) is 5.69 Å². The van der Waals surface area contributed by atoms with Crippen LogP contribution in [0.25, 0.3) is 17.6 Å². The monoisotopic (exact) mass is 483 g/mol. The van der Waals surface area contributed by atoms with Gasteiger partial charge in [0.2, 0.25) is 5.82 Å². The van der Waals surface area contributed by atoms with E-state index in [1.807, 2.05) is 30.7 Å². The lowest BCUT2D eigenvalue weighted by molar-refractivity contribution is 0.0387. The molecule has 4 aromatic rings. The highest BCUT2D eigenvalue weighted by atomic mass is 19.2. The fourth-order valence-corrected chi connectivity index (χ4v) is 4.39. The van der Waals surface area contributed by atoms with Gasteiger partial charge < -0.3 is 9.67 Å². The maximum Gasteiger partial charge on any atom is 0.210 e. The molecule has 0 saturated carbocycles. The van der Waals surface area contributed by atoms with E-state index in [1.165, 1.54) is 10.8 Å². The third-order valence-electron chi connectivity index (χ3n) is 6.13. The molecule has 1 atom stereocenters. The number of aromatic nitrogens is 5. The minimum atomic E-state index is -1.94. The van der Waals surface area contributed by atoms with Crippen LogP contribution in [0.2, 0.25) is 0 Å². The van der Waals surface area contributed by atoms with Gasteiger partial charge in [-0.1, -0.05) is 6.07 Å². The van der Waals surface area contributed by atoms with Gasteiger partial charge in [0.1, 0.15) is 5.60 Å². The average Bonchev–Trinajstić information content (AvgIpc) is 3.44. The zero-order chi connectivity index (χ0) is 24.9. The second kappa shape index (κ2) is 8.46. The number of hydrogen-bond donors (Lipinski definition) is 1. The summed E-state index contributed by atoms with van der Waals surface area (Å²) in [4.78, 5) is 8.37. The Hall–Kier alpha value is -3.79. The van der Waals surface area contributed by atoms with Gasteiger partial charge in [0.15, 0.2) is 29.1 Å². The fraction of sp³-hybridized carbons (Fsp3) is 0.240. The van der Waals surface area contributed by atoms with Gasteiger partial charge >= 0.3 is 0 Å². The predicted molar refractivity (Wildman–Crippen MR) is 121 cm³/mol. The van der Waals surface area contributed by atoms with Gasteiger partial charge in [-0.05, 0) is 73.7 Å². The Morgan fingerprint density at radius 3 is 2.51 bits per heavy atom. The van der Waals surface area contributed by atoms with Crippen LogP contribution in [0.4, 0.5) is 17.6 Å². The van der Waals surface area contributed by atoms with Crippen LogP contribution in [0.5, 0.6) is 0 Å². The normalized spacial score (nSPS) is 18.1. The number of aliphatic hydroxyl groups is 1. The van der Waals surface area contributed by atoms with E-state index in [2.05, 4.69) is 15.1 Å². The summed E-state index contributed by atoms with van der Waals surface area (Å²) in [6.07, 6.45) is 5.32. The molecule has 0 aliphatic carbocycles. The van der Waals surface area contributed by atoms with Crippen LogP contribution >= 0.6 is 0 Å². The zero-order valence-corrected chi connectivity index (χ0v) is 18.9. The van der Waals surface area contributed by atoms with Crippen molar-refractivity contribution in [2.75, 3.05) is 0 Å². The molecule has 1 aliphatic rings. The van der Waals surface area contributed by atoms with E-state index >= 15 is 4.39 Å². The van der Waals surface area contributed by atoms with Crippen LogP contribution in [0.1, 0.15) is 46.9 Å². The summed E-state index contributed by atoms with van der Waals surface area (Å²) < 4.78 is 59.5. The molecule has 1 N–H and O–H groups in total. The molecular weight excluding hydrogens is 462 g/mol. The second-order valence-electron chi connectivity index (χ2n) is 8.66. The van der Waals surface area contributed by atoms with E-state index < -0.39 is 28.9 Å². The Morgan fingerprint density at radius 2 is 1.86 bits per heavy atom. The van der Waals surface area contributed by atoms with Gasteiger partial charge in [-0.2, -0.15) is 0 Å². The van der Waals surface area contributed by atoms with Crippen LogP contribution in [-0.2, 0) is 12.1 Å². The molecular formula is C25H21F4N5O. The highest BCUT2D eigenvalue weighted by Gasteiger charge is 2.41. The second-order valence-corrected chi connectivity index (χ2v) is 8.66. The highest BCUT2D eigenvalue weighted by Crippen LogP contribution is 2.38. The average molecular weight is 483 g/mol. The molecule has 180 valence electrons.